The van der Waals surface area contributed by atoms with Crippen molar-refractivity contribution in [3.05, 3.63) is 18.2 Å². The summed E-state index contributed by atoms with van der Waals surface area (Å²) >= 11 is 0. The normalized spacial score (nSPS) is 17.5. The molecule has 0 spiro atoms. The maximum Gasteiger partial charge on any atom is 0.244 e. The Balaban J connectivity index is 1.66. The fourth-order valence-corrected chi connectivity index (χ4v) is 3.87. The number of carbonyl (C=O) groups is 1. The Labute approximate surface area is 142 Å². The zero-order chi connectivity index (χ0) is 17.2. The fourth-order valence-electron chi connectivity index (χ4n) is 2.37. The zero-order valence-corrected chi connectivity index (χ0v) is 14.5. The van der Waals surface area contributed by atoms with Gasteiger partial charge in [-0.25, -0.2) is 13.1 Å². The van der Waals surface area contributed by atoms with E-state index in [4.69, 9.17) is 4.74 Å². The van der Waals surface area contributed by atoms with Crippen LogP contribution in [0.3, 0.4) is 0 Å². The lowest BCUT2D eigenvalue weighted by Gasteiger charge is -2.13. The van der Waals surface area contributed by atoms with Crippen molar-refractivity contribution in [2.75, 3.05) is 25.5 Å². The van der Waals surface area contributed by atoms with Crippen molar-refractivity contribution < 1.29 is 17.9 Å². The maximum absolute atomic E-state index is 12.4. The van der Waals surface area contributed by atoms with Crippen LogP contribution in [0.25, 0.3) is 0 Å². The molecule has 8 heteroatoms. The molecule has 1 aromatic carbocycles. The molecule has 0 unspecified atom stereocenters. The lowest BCUT2D eigenvalue weighted by molar-refractivity contribution is -0.115. The summed E-state index contributed by atoms with van der Waals surface area (Å²) in [6.07, 6.45) is 4.15. The molecule has 1 amide bonds. The van der Waals surface area contributed by atoms with Crippen LogP contribution in [0, 0.1) is 5.92 Å². The molecule has 2 aliphatic rings. The zero-order valence-electron chi connectivity index (χ0n) is 13.7. The van der Waals surface area contributed by atoms with Crippen LogP contribution >= 0.6 is 0 Å². The van der Waals surface area contributed by atoms with Crippen LogP contribution in [0.5, 0.6) is 5.75 Å². The van der Waals surface area contributed by atoms with Crippen LogP contribution in [-0.4, -0.2) is 40.6 Å². The number of methoxy groups -OCH3 is 1. The molecule has 2 fully saturated rings. The summed E-state index contributed by atoms with van der Waals surface area (Å²) in [4.78, 5) is 12.0. The Morgan fingerprint density at radius 1 is 1.25 bits per heavy atom. The van der Waals surface area contributed by atoms with Crippen LogP contribution < -0.4 is 20.1 Å². The predicted molar refractivity (Wildman–Crippen MR) is 90.6 cm³/mol. The van der Waals surface area contributed by atoms with Gasteiger partial charge in [-0.2, -0.15) is 0 Å². The second-order valence-electron chi connectivity index (χ2n) is 6.38. The molecule has 0 aliphatic heterocycles. The number of rotatable bonds is 9. The Morgan fingerprint density at radius 3 is 2.62 bits per heavy atom. The lowest BCUT2D eigenvalue weighted by Crippen LogP contribution is -2.29. The Bertz CT molecular complexity index is 712. The molecular formula is C16H23N3O4S. The number of amides is 1. The van der Waals surface area contributed by atoms with E-state index in [2.05, 4.69) is 15.4 Å². The minimum atomic E-state index is -3.66. The van der Waals surface area contributed by atoms with E-state index in [-0.39, 0.29) is 29.1 Å². The molecule has 3 rings (SSSR count). The average Bonchev–Trinajstić information content (AvgIpc) is 3.43. The van der Waals surface area contributed by atoms with E-state index in [9.17, 15) is 13.2 Å². The number of hydrogen-bond donors (Lipinski definition) is 3. The van der Waals surface area contributed by atoms with Gasteiger partial charge in [-0.05, 0) is 56.3 Å². The minimum Gasteiger partial charge on any atom is -0.495 e. The molecule has 0 heterocycles. The summed E-state index contributed by atoms with van der Waals surface area (Å²) in [6.45, 7) is 1.06. The summed E-state index contributed by atoms with van der Waals surface area (Å²) in [5, 5.41) is 5.82. The molecule has 0 bridgehead atoms. The summed E-state index contributed by atoms with van der Waals surface area (Å²) in [5.41, 5.74) is 0.435. The Kier molecular flexibility index (Phi) is 5.07. The smallest absolute Gasteiger partial charge is 0.244 e. The minimum absolute atomic E-state index is 0.00424. The van der Waals surface area contributed by atoms with Crippen LogP contribution in [0.1, 0.15) is 25.7 Å². The number of nitrogens with one attached hydrogen (secondary N) is 3. The molecular weight excluding hydrogens is 330 g/mol. The lowest BCUT2D eigenvalue weighted by atomic mass is 10.3. The standard InChI is InChI=1S/C16H23N3O4S/c1-23-14-7-6-13(18-16(20)10-17-9-11-2-3-11)8-15(14)24(21,22)19-12-4-5-12/h6-8,11-12,17,19H,2-5,9-10H2,1H3,(H,18,20). The Hall–Kier alpha value is -1.64. The van der Waals surface area contributed by atoms with E-state index in [0.29, 0.717) is 11.6 Å². The highest BCUT2D eigenvalue weighted by Gasteiger charge is 2.30. The van der Waals surface area contributed by atoms with E-state index in [1.807, 2.05) is 0 Å². The van der Waals surface area contributed by atoms with E-state index < -0.39 is 10.0 Å². The van der Waals surface area contributed by atoms with Gasteiger partial charge in [0.05, 0.1) is 13.7 Å². The third-order valence-electron chi connectivity index (χ3n) is 4.05. The van der Waals surface area contributed by atoms with Gasteiger partial charge >= 0.3 is 0 Å². The number of sulfonamides is 1. The molecule has 3 N–H and O–H groups in total. The highest BCUT2D eigenvalue weighted by atomic mass is 32.2. The largest absolute Gasteiger partial charge is 0.495 e. The molecule has 132 valence electrons. The highest BCUT2D eigenvalue weighted by molar-refractivity contribution is 7.89. The van der Waals surface area contributed by atoms with Crippen molar-refractivity contribution in [2.45, 2.75) is 36.6 Å². The first-order chi connectivity index (χ1) is 11.5. The van der Waals surface area contributed by atoms with E-state index in [1.165, 1.54) is 26.0 Å². The molecule has 1 aromatic rings. The first kappa shape index (κ1) is 17.2. The number of hydrogen-bond acceptors (Lipinski definition) is 5. The second-order valence-corrected chi connectivity index (χ2v) is 8.07. The van der Waals surface area contributed by atoms with E-state index in [1.54, 1.807) is 12.1 Å². The van der Waals surface area contributed by atoms with Gasteiger partial charge in [-0.15, -0.1) is 0 Å². The van der Waals surface area contributed by atoms with Crippen molar-refractivity contribution in [1.82, 2.24) is 10.0 Å². The van der Waals surface area contributed by atoms with Crippen LogP contribution in [0.4, 0.5) is 5.69 Å². The van der Waals surface area contributed by atoms with E-state index in [0.717, 1.165) is 19.4 Å². The molecule has 2 saturated carbocycles. The topological polar surface area (TPSA) is 96.5 Å². The number of benzene rings is 1. The van der Waals surface area contributed by atoms with E-state index >= 15 is 0 Å². The van der Waals surface area contributed by atoms with Gasteiger partial charge in [-0.3, -0.25) is 4.79 Å². The SMILES string of the molecule is COc1ccc(NC(=O)CNCC2CC2)cc1S(=O)(=O)NC1CC1. The van der Waals surface area contributed by atoms with Crippen LogP contribution in [0.15, 0.2) is 23.1 Å². The first-order valence-corrected chi connectivity index (χ1v) is 9.67. The van der Waals surface area contributed by atoms with Crippen molar-refractivity contribution in [3.8, 4) is 5.75 Å². The molecule has 0 radical (unpaired) electrons. The van der Waals surface area contributed by atoms with Gasteiger partial charge in [0.15, 0.2) is 0 Å². The van der Waals surface area contributed by atoms with Crippen molar-refractivity contribution in [2.24, 2.45) is 5.92 Å². The quantitative estimate of drug-likeness (QED) is 0.617. The van der Waals surface area contributed by atoms with Crippen molar-refractivity contribution in [1.29, 1.82) is 0 Å². The molecule has 2 aliphatic carbocycles. The molecule has 0 aromatic heterocycles. The molecule has 24 heavy (non-hydrogen) atoms. The summed E-state index contributed by atoms with van der Waals surface area (Å²) in [6, 6.07) is 4.62. The number of carbonyl (C=O) groups excluding carboxylic acids is 1. The van der Waals surface area contributed by atoms with Gasteiger partial charge in [0, 0.05) is 11.7 Å². The predicted octanol–water partition coefficient (Wildman–Crippen LogP) is 1.07. The summed E-state index contributed by atoms with van der Waals surface area (Å²) < 4.78 is 32.6. The molecule has 0 atom stereocenters. The second kappa shape index (κ2) is 7.08. The average molecular weight is 353 g/mol. The third kappa shape index (κ3) is 4.68. The van der Waals surface area contributed by atoms with Crippen LogP contribution in [0.2, 0.25) is 0 Å². The van der Waals surface area contributed by atoms with Crippen molar-refractivity contribution >= 4 is 21.6 Å². The van der Waals surface area contributed by atoms with Gasteiger partial charge < -0.3 is 15.4 Å². The number of anilines is 1. The number of ether oxygens (including phenoxy) is 1. The fraction of sp³-hybridized carbons (Fsp3) is 0.562. The molecule has 7 nitrogen and oxygen atoms in total. The van der Waals surface area contributed by atoms with Gasteiger partial charge in [0.2, 0.25) is 15.9 Å². The first-order valence-electron chi connectivity index (χ1n) is 8.19. The third-order valence-corrected chi connectivity index (χ3v) is 5.59. The summed E-state index contributed by atoms with van der Waals surface area (Å²) in [7, 11) is -2.24. The monoisotopic (exact) mass is 353 g/mol. The van der Waals surface area contributed by atoms with Gasteiger partial charge in [0.1, 0.15) is 10.6 Å². The Morgan fingerprint density at radius 2 is 2.00 bits per heavy atom. The highest BCUT2D eigenvalue weighted by Crippen LogP contribution is 2.30. The van der Waals surface area contributed by atoms with Gasteiger partial charge in [0.25, 0.3) is 0 Å². The van der Waals surface area contributed by atoms with Crippen LogP contribution in [-0.2, 0) is 14.8 Å². The van der Waals surface area contributed by atoms with Crippen molar-refractivity contribution in [3.63, 3.8) is 0 Å². The molecule has 0 saturated heterocycles. The van der Waals surface area contributed by atoms with Gasteiger partial charge in [-0.1, -0.05) is 0 Å². The maximum atomic E-state index is 12.4. The summed E-state index contributed by atoms with van der Waals surface area (Å²) in [5.74, 6) is 0.761.